The van der Waals surface area contributed by atoms with Crippen LogP contribution in [0.25, 0.3) is 0 Å². The standard InChI is InChI=1S/C6H7F5O3/c1-2-5(7,8)14-3(4(12)13)6(9,10)11/h3H,2H2,1H3,(H,12,13). The van der Waals surface area contributed by atoms with Gasteiger partial charge in [-0.15, -0.1) is 0 Å². The van der Waals surface area contributed by atoms with Crippen LogP contribution in [0.15, 0.2) is 0 Å². The monoisotopic (exact) mass is 222 g/mol. The molecule has 0 fully saturated rings. The lowest BCUT2D eigenvalue weighted by Gasteiger charge is -2.22. The molecule has 0 radical (unpaired) electrons. The number of carboxylic acids is 1. The van der Waals surface area contributed by atoms with E-state index in [0.29, 0.717) is 0 Å². The van der Waals surface area contributed by atoms with Crippen molar-refractivity contribution >= 4 is 5.97 Å². The third-order valence-electron chi connectivity index (χ3n) is 1.22. The lowest BCUT2D eigenvalue weighted by Crippen LogP contribution is -2.43. The van der Waals surface area contributed by atoms with Gasteiger partial charge in [-0.05, 0) is 0 Å². The van der Waals surface area contributed by atoms with Crippen LogP contribution in [0.1, 0.15) is 13.3 Å². The molecule has 1 N–H and O–H groups in total. The second-order valence-electron chi connectivity index (χ2n) is 2.37. The maximum atomic E-state index is 12.3. The third-order valence-corrected chi connectivity index (χ3v) is 1.22. The van der Waals surface area contributed by atoms with Gasteiger partial charge in [0.25, 0.3) is 6.10 Å². The summed E-state index contributed by atoms with van der Waals surface area (Å²) in [5, 5.41) is 7.99. The van der Waals surface area contributed by atoms with Crippen LogP contribution in [0.4, 0.5) is 22.0 Å². The van der Waals surface area contributed by atoms with Gasteiger partial charge in [-0.25, -0.2) is 4.79 Å². The van der Waals surface area contributed by atoms with E-state index in [0.717, 1.165) is 6.92 Å². The van der Waals surface area contributed by atoms with E-state index in [1.807, 2.05) is 0 Å². The van der Waals surface area contributed by atoms with Crippen LogP contribution in [-0.4, -0.2) is 29.5 Å². The molecule has 0 aliphatic heterocycles. The van der Waals surface area contributed by atoms with Crippen molar-refractivity contribution in [3.05, 3.63) is 0 Å². The Morgan fingerprint density at radius 1 is 1.36 bits per heavy atom. The first kappa shape index (κ1) is 13.1. The molecule has 84 valence electrons. The highest BCUT2D eigenvalue weighted by Gasteiger charge is 2.51. The highest BCUT2D eigenvalue weighted by atomic mass is 19.4. The number of alkyl halides is 5. The van der Waals surface area contributed by atoms with Crippen molar-refractivity contribution in [2.75, 3.05) is 0 Å². The van der Waals surface area contributed by atoms with Gasteiger partial charge in [0.05, 0.1) is 0 Å². The van der Waals surface area contributed by atoms with Crippen LogP contribution in [0.2, 0.25) is 0 Å². The maximum Gasteiger partial charge on any atom is 0.425 e. The Kier molecular flexibility index (Phi) is 3.81. The van der Waals surface area contributed by atoms with Crippen LogP contribution < -0.4 is 0 Å². The Labute approximate surface area is 75.5 Å². The second kappa shape index (κ2) is 4.07. The Morgan fingerprint density at radius 2 is 1.79 bits per heavy atom. The summed E-state index contributed by atoms with van der Waals surface area (Å²) in [5.41, 5.74) is 0. The molecule has 0 aliphatic rings. The van der Waals surface area contributed by atoms with Crippen molar-refractivity contribution in [1.82, 2.24) is 0 Å². The lowest BCUT2D eigenvalue weighted by molar-refractivity contribution is -0.320. The summed E-state index contributed by atoms with van der Waals surface area (Å²) in [6, 6.07) is 0. The number of rotatable bonds is 4. The summed E-state index contributed by atoms with van der Waals surface area (Å²) in [4.78, 5) is 9.96. The van der Waals surface area contributed by atoms with Gasteiger partial charge in [-0.1, -0.05) is 6.92 Å². The highest BCUT2D eigenvalue weighted by molar-refractivity contribution is 5.73. The second-order valence-corrected chi connectivity index (χ2v) is 2.37. The molecule has 0 heterocycles. The zero-order valence-corrected chi connectivity index (χ0v) is 6.94. The van der Waals surface area contributed by atoms with Crippen LogP contribution in [0.3, 0.4) is 0 Å². The minimum atomic E-state index is -5.36. The molecule has 8 heteroatoms. The van der Waals surface area contributed by atoms with E-state index in [-0.39, 0.29) is 0 Å². The van der Waals surface area contributed by atoms with Crippen LogP contribution >= 0.6 is 0 Å². The molecule has 0 aromatic rings. The first-order valence-corrected chi connectivity index (χ1v) is 3.45. The summed E-state index contributed by atoms with van der Waals surface area (Å²) in [6.07, 6.45) is -14.0. The molecular weight excluding hydrogens is 215 g/mol. The molecule has 0 saturated carbocycles. The van der Waals surface area contributed by atoms with Crippen molar-refractivity contribution in [1.29, 1.82) is 0 Å². The van der Waals surface area contributed by atoms with E-state index in [1.54, 1.807) is 0 Å². The first-order valence-electron chi connectivity index (χ1n) is 3.45. The van der Waals surface area contributed by atoms with Crippen molar-refractivity contribution in [3.63, 3.8) is 0 Å². The van der Waals surface area contributed by atoms with E-state index in [2.05, 4.69) is 4.74 Å². The molecular formula is C6H7F5O3. The summed E-state index contributed by atoms with van der Waals surface area (Å²) in [7, 11) is 0. The van der Waals surface area contributed by atoms with E-state index < -0.39 is 30.8 Å². The Hall–Kier alpha value is -0.920. The van der Waals surface area contributed by atoms with Crippen molar-refractivity contribution in [2.45, 2.75) is 31.7 Å². The van der Waals surface area contributed by atoms with Gasteiger partial charge in [0.15, 0.2) is 0 Å². The molecule has 0 rings (SSSR count). The van der Waals surface area contributed by atoms with Crippen molar-refractivity contribution < 1.29 is 36.6 Å². The number of halogens is 5. The average Bonchev–Trinajstić information content (AvgIpc) is 1.98. The van der Waals surface area contributed by atoms with Crippen LogP contribution in [0, 0.1) is 0 Å². The molecule has 3 nitrogen and oxygen atoms in total. The minimum absolute atomic E-state index is 0.870. The average molecular weight is 222 g/mol. The molecule has 0 saturated heterocycles. The first-order chi connectivity index (χ1) is 6.10. The minimum Gasteiger partial charge on any atom is -0.479 e. The van der Waals surface area contributed by atoms with Crippen molar-refractivity contribution in [2.24, 2.45) is 0 Å². The van der Waals surface area contributed by atoms with Crippen LogP contribution in [-0.2, 0) is 9.53 Å². The molecule has 1 unspecified atom stereocenters. The van der Waals surface area contributed by atoms with Gasteiger partial charge in [0.1, 0.15) is 0 Å². The number of hydrogen-bond acceptors (Lipinski definition) is 2. The smallest absolute Gasteiger partial charge is 0.425 e. The summed E-state index contributed by atoms with van der Waals surface area (Å²) >= 11 is 0. The van der Waals surface area contributed by atoms with E-state index in [4.69, 9.17) is 5.11 Å². The van der Waals surface area contributed by atoms with Crippen molar-refractivity contribution in [3.8, 4) is 0 Å². The quantitative estimate of drug-likeness (QED) is 0.740. The summed E-state index contributed by atoms with van der Waals surface area (Å²) in [6.45, 7) is 0.870. The number of aliphatic carboxylic acids is 1. The summed E-state index contributed by atoms with van der Waals surface area (Å²) in [5.74, 6) is -2.49. The fraction of sp³-hybridized carbons (Fsp3) is 0.833. The molecule has 0 aromatic carbocycles. The number of carbonyl (C=O) groups is 1. The van der Waals surface area contributed by atoms with Gasteiger partial charge in [0, 0.05) is 6.42 Å². The molecule has 0 amide bonds. The predicted octanol–water partition coefficient (Wildman–Crippen LogP) is 2.02. The van der Waals surface area contributed by atoms with E-state index in [1.165, 1.54) is 0 Å². The SMILES string of the molecule is CCC(F)(F)OC(C(=O)O)C(F)(F)F. The fourth-order valence-electron chi connectivity index (χ4n) is 0.513. The van der Waals surface area contributed by atoms with Gasteiger partial charge in [0.2, 0.25) is 0 Å². The lowest BCUT2D eigenvalue weighted by atomic mass is 10.3. The Bertz CT molecular complexity index is 212. The van der Waals surface area contributed by atoms with E-state index in [9.17, 15) is 26.7 Å². The normalized spacial score (nSPS) is 15.3. The van der Waals surface area contributed by atoms with Gasteiger partial charge in [-0.3, -0.25) is 4.74 Å². The topological polar surface area (TPSA) is 46.5 Å². The summed E-state index contributed by atoms with van der Waals surface area (Å²) < 4.78 is 63.2. The van der Waals surface area contributed by atoms with Gasteiger partial charge in [-0.2, -0.15) is 22.0 Å². The Morgan fingerprint density at radius 3 is 2.00 bits per heavy atom. The molecule has 0 bridgehead atoms. The molecule has 0 aliphatic carbocycles. The third kappa shape index (κ3) is 3.86. The van der Waals surface area contributed by atoms with Gasteiger partial charge >= 0.3 is 18.3 Å². The molecule has 0 aromatic heterocycles. The molecule has 1 atom stereocenters. The Balaban J connectivity index is 4.64. The number of hydrogen-bond donors (Lipinski definition) is 1. The van der Waals surface area contributed by atoms with Crippen LogP contribution in [0.5, 0.6) is 0 Å². The largest absolute Gasteiger partial charge is 0.479 e. The predicted molar refractivity (Wildman–Crippen MR) is 33.8 cm³/mol. The highest BCUT2D eigenvalue weighted by Crippen LogP contribution is 2.30. The fourth-order valence-corrected chi connectivity index (χ4v) is 0.513. The molecule has 14 heavy (non-hydrogen) atoms. The van der Waals surface area contributed by atoms with Gasteiger partial charge < -0.3 is 5.11 Å². The molecule has 0 spiro atoms. The number of ether oxygens (including phenoxy) is 1. The van der Waals surface area contributed by atoms with E-state index >= 15 is 0 Å². The zero-order valence-electron chi connectivity index (χ0n) is 6.94. The maximum absolute atomic E-state index is 12.3. The number of carboxylic acid groups (broad SMARTS) is 1. The zero-order chi connectivity index (χ0) is 11.6.